The second-order valence-electron chi connectivity index (χ2n) is 4.38. The molecule has 0 unspecified atom stereocenters. The van der Waals surface area contributed by atoms with Gasteiger partial charge in [-0.3, -0.25) is 9.59 Å². The Morgan fingerprint density at radius 2 is 2.00 bits per heavy atom. The average Bonchev–Trinajstić information content (AvgIpc) is 2.81. The number of hydrogen-bond acceptors (Lipinski definition) is 6. The predicted molar refractivity (Wildman–Crippen MR) is 75.1 cm³/mol. The van der Waals surface area contributed by atoms with Crippen LogP contribution in [0.4, 0.5) is 0 Å². The smallest absolute Gasteiger partial charge is 0.241 e. The second-order valence-corrected chi connectivity index (χ2v) is 5.44. The number of nitrogens with zero attached hydrogens (tertiary/aromatic N) is 6. The maximum absolute atomic E-state index is 12.0. The molecule has 0 spiro atoms. The van der Waals surface area contributed by atoms with E-state index in [0.717, 1.165) is 0 Å². The van der Waals surface area contributed by atoms with Crippen molar-refractivity contribution in [2.75, 3.05) is 32.9 Å². The van der Waals surface area contributed by atoms with E-state index in [9.17, 15) is 9.59 Å². The van der Waals surface area contributed by atoms with Crippen LogP contribution in [0.2, 0.25) is 0 Å². The largest absolute Gasteiger partial charge is 0.347 e. The number of thioether (sulfide) groups is 1. The number of rotatable bonds is 7. The molecule has 1 rings (SSSR count). The van der Waals surface area contributed by atoms with E-state index in [1.54, 1.807) is 30.7 Å². The van der Waals surface area contributed by atoms with Crippen molar-refractivity contribution in [3.8, 4) is 0 Å². The lowest BCUT2D eigenvalue weighted by Crippen LogP contribution is -2.40. The van der Waals surface area contributed by atoms with Gasteiger partial charge in [0.15, 0.2) is 0 Å². The molecule has 1 aromatic rings. The Bertz CT molecular complexity index is 462. The third-order valence-electron chi connectivity index (χ3n) is 2.69. The monoisotopic (exact) mass is 300 g/mol. The van der Waals surface area contributed by atoms with Gasteiger partial charge in [0.1, 0.15) is 0 Å². The molecule has 0 radical (unpaired) electrons. The Labute approximate surface area is 122 Å². The molecule has 9 heteroatoms. The molecule has 112 valence electrons. The second kappa shape index (κ2) is 7.83. The molecule has 0 saturated heterocycles. The summed E-state index contributed by atoms with van der Waals surface area (Å²) in [5.74, 6) is 0.468. The van der Waals surface area contributed by atoms with Crippen molar-refractivity contribution in [2.45, 2.75) is 18.5 Å². The van der Waals surface area contributed by atoms with Gasteiger partial charge in [0.2, 0.25) is 17.0 Å². The van der Waals surface area contributed by atoms with Crippen molar-refractivity contribution in [2.24, 2.45) is 7.05 Å². The number of amides is 2. The molecular formula is C11H20N6O2S. The SMILES string of the molecule is CCN(CC(=O)N(C)C)C(=O)CCSc1nnnn1C. The summed E-state index contributed by atoms with van der Waals surface area (Å²) >= 11 is 1.42. The van der Waals surface area contributed by atoms with Gasteiger partial charge in [-0.05, 0) is 17.4 Å². The summed E-state index contributed by atoms with van der Waals surface area (Å²) in [5, 5.41) is 11.7. The molecule has 8 nitrogen and oxygen atoms in total. The van der Waals surface area contributed by atoms with Gasteiger partial charge in [-0.15, -0.1) is 5.10 Å². The van der Waals surface area contributed by atoms with E-state index in [2.05, 4.69) is 15.5 Å². The van der Waals surface area contributed by atoms with Crippen molar-refractivity contribution in [3.05, 3.63) is 0 Å². The molecule has 0 fully saturated rings. The van der Waals surface area contributed by atoms with Gasteiger partial charge in [0.05, 0.1) is 6.54 Å². The topological polar surface area (TPSA) is 84.2 Å². The van der Waals surface area contributed by atoms with Gasteiger partial charge < -0.3 is 9.80 Å². The molecule has 0 aliphatic carbocycles. The Balaban J connectivity index is 2.40. The molecule has 0 aliphatic rings. The summed E-state index contributed by atoms with van der Waals surface area (Å²) in [5.41, 5.74) is 0. The van der Waals surface area contributed by atoms with Crippen molar-refractivity contribution >= 4 is 23.6 Å². The van der Waals surface area contributed by atoms with E-state index in [4.69, 9.17) is 0 Å². The Morgan fingerprint density at radius 1 is 1.30 bits per heavy atom. The molecule has 1 aromatic heterocycles. The van der Waals surface area contributed by atoms with Crippen molar-refractivity contribution in [1.82, 2.24) is 30.0 Å². The number of carbonyl (C=O) groups is 2. The van der Waals surface area contributed by atoms with Gasteiger partial charge >= 0.3 is 0 Å². The number of aryl methyl sites for hydroxylation is 1. The summed E-state index contributed by atoms with van der Waals surface area (Å²) in [6.07, 6.45) is 0.353. The minimum atomic E-state index is -0.0784. The molecule has 0 aliphatic heterocycles. The van der Waals surface area contributed by atoms with Gasteiger partial charge in [0, 0.05) is 39.9 Å². The number of carbonyl (C=O) groups excluding carboxylic acids is 2. The van der Waals surface area contributed by atoms with Gasteiger partial charge in [-0.25, -0.2) is 4.68 Å². The summed E-state index contributed by atoms with van der Waals surface area (Å²) in [4.78, 5) is 26.7. The Hall–Kier alpha value is -1.64. The fourth-order valence-corrected chi connectivity index (χ4v) is 2.19. The van der Waals surface area contributed by atoms with Crippen LogP contribution in [0.5, 0.6) is 0 Å². The normalized spacial score (nSPS) is 10.4. The average molecular weight is 300 g/mol. The van der Waals surface area contributed by atoms with Crippen LogP contribution < -0.4 is 0 Å². The van der Waals surface area contributed by atoms with Crippen LogP contribution in [-0.2, 0) is 16.6 Å². The quantitative estimate of drug-likeness (QED) is 0.639. The van der Waals surface area contributed by atoms with Gasteiger partial charge in [-0.2, -0.15) is 0 Å². The molecule has 0 saturated carbocycles. The van der Waals surface area contributed by atoms with Crippen LogP contribution in [0.1, 0.15) is 13.3 Å². The van der Waals surface area contributed by atoms with Crippen LogP contribution in [0.15, 0.2) is 5.16 Å². The lowest BCUT2D eigenvalue weighted by molar-refractivity contribution is -0.138. The molecule has 0 bridgehead atoms. The Morgan fingerprint density at radius 3 is 2.50 bits per heavy atom. The first-order chi connectivity index (χ1) is 9.45. The highest BCUT2D eigenvalue weighted by Gasteiger charge is 2.16. The highest BCUT2D eigenvalue weighted by Crippen LogP contribution is 2.14. The number of aromatic nitrogens is 4. The number of tetrazole rings is 1. The molecule has 1 heterocycles. The fourth-order valence-electron chi connectivity index (χ4n) is 1.41. The highest BCUT2D eigenvalue weighted by atomic mass is 32.2. The molecule has 0 aromatic carbocycles. The van der Waals surface area contributed by atoms with E-state index < -0.39 is 0 Å². The summed E-state index contributed by atoms with van der Waals surface area (Å²) in [7, 11) is 5.10. The molecule has 0 N–H and O–H groups in total. The van der Waals surface area contributed by atoms with Crippen molar-refractivity contribution in [1.29, 1.82) is 0 Å². The van der Waals surface area contributed by atoms with E-state index in [1.165, 1.54) is 16.7 Å². The van der Waals surface area contributed by atoms with E-state index in [0.29, 0.717) is 23.9 Å². The molecule has 2 amide bonds. The highest BCUT2D eigenvalue weighted by molar-refractivity contribution is 7.99. The first kappa shape index (κ1) is 16.4. The van der Waals surface area contributed by atoms with E-state index in [1.807, 2.05) is 6.92 Å². The van der Waals surface area contributed by atoms with Crippen molar-refractivity contribution in [3.63, 3.8) is 0 Å². The van der Waals surface area contributed by atoms with Crippen LogP contribution in [-0.4, -0.2) is 74.8 Å². The third-order valence-corrected chi connectivity index (χ3v) is 3.70. The van der Waals surface area contributed by atoms with Crippen LogP contribution in [0.25, 0.3) is 0 Å². The van der Waals surface area contributed by atoms with Gasteiger partial charge in [0.25, 0.3) is 0 Å². The lowest BCUT2D eigenvalue weighted by Gasteiger charge is -2.22. The minimum absolute atomic E-state index is 0.0367. The maximum atomic E-state index is 12.0. The maximum Gasteiger partial charge on any atom is 0.241 e. The standard InChI is InChI=1S/C11H20N6O2S/c1-5-17(8-10(19)15(2)3)9(18)6-7-20-11-12-13-14-16(11)4/h5-8H2,1-4H3. The van der Waals surface area contributed by atoms with E-state index >= 15 is 0 Å². The number of hydrogen-bond donors (Lipinski definition) is 0. The summed E-state index contributed by atoms with van der Waals surface area (Å²) in [6.45, 7) is 2.51. The third kappa shape index (κ3) is 4.80. The zero-order valence-electron chi connectivity index (χ0n) is 12.2. The molecule has 20 heavy (non-hydrogen) atoms. The summed E-state index contributed by atoms with van der Waals surface area (Å²) in [6, 6.07) is 0. The van der Waals surface area contributed by atoms with Crippen molar-refractivity contribution < 1.29 is 9.59 Å². The number of likely N-dealkylation sites (N-methyl/N-ethyl adjacent to an activating group) is 2. The van der Waals surface area contributed by atoms with Crippen LogP contribution >= 0.6 is 11.8 Å². The first-order valence-corrected chi connectivity index (χ1v) is 7.27. The lowest BCUT2D eigenvalue weighted by atomic mass is 10.3. The first-order valence-electron chi connectivity index (χ1n) is 6.28. The van der Waals surface area contributed by atoms with Crippen LogP contribution in [0.3, 0.4) is 0 Å². The molecule has 0 atom stereocenters. The Kier molecular flexibility index (Phi) is 6.43. The van der Waals surface area contributed by atoms with E-state index in [-0.39, 0.29) is 18.4 Å². The molecular weight excluding hydrogens is 280 g/mol. The van der Waals surface area contributed by atoms with Gasteiger partial charge in [-0.1, -0.05) is 11.8 Å². The minimum Gasteiger partial charge on any atom is -0.347 e. The van der Waals surface area contributed by atoms with Crippen LogP contribution in [0, 0.1) is 0 Å². The predicted octanol–water partition coefficient (Wildman–Crippen LogP) is -0.371. The zero-order chi connectivity index (χ0) is 15.1. The fraction of sp³-hybridized carbons (Fsp3) is 0.727. The zero-order valence-corrected chi connectivity index (χ0v) is 13.1. The summed E-state index contributed by atoms with van der Waals surface area (Å²) < 4.78 is 1.56.